The van der Waals surface area contributed by atoms with E-state index < -0.39 is 5.54 Å². The molecule has 4 heteroatoms. The van der Waals surface area contributed by atoms with Crippen LogP contribution in [0, 0.1) is 12.8 Å². The van der Waals surface area contributed by atoms with Gasteiger partial charge in [0.15, 0.2) is 0 Å². The number of nitrogens with zero attached hydrogens (tertiary/aromatic N) is 2. The van der Waals surface area contributed by atoms with Crippen LogP contribution in [0.3, 0.4) is 0 Å². The number of amidine groups is 1. The average Bonchev–Trinajstić information content (AvgIpc) is 3.28. The number of hydrogen-bond acceptors (Lipinski definition) is 3. The minimum Gasteiger partial charge on any atom is -0.388 e. The third kappa shape index (κ3) is 5.80. The standard InChI is InChI=1S/C21H31N3O/c1-14-6-9-20(21(5,12-16(3)25)24-17(4)22)11-19(14)13-23-15(2)10-18-7-8-18/h6,9,11,13,15,18H,7-8,10,12H2,1-5H3,(H2,22,24)/t15?,21-/m0/s1. The van der Waals surface area contributed by atoms with E-state index in [1.54, 1.807) is 13.8 Å². The van der Waals surface area contributed by atoms with Crippen LogP contribution in [-0.2, 0) is 10.3 Å². The van der Waals surface area contributed by atoms with E-state index in [1.165, 1.54) is 24.8 Å². The second-order valence-corrected chi connectivity index (χ2v) is 7.78. The Bertz CT molecular complexity index is 684. The molecule has 1 aromatic carbocycles. The predicted molar refractivity (Wildman–Crippen MR) is 106 cm³/mol. The van der Waals surface area contributed by atoms with Crippen LogP contribution in [0.2, 0.25) is 0 Å². The summed E-state index contributed by atoms with van der Waals surface area (Å²) in [6.07, 6.45) is 6.19. The molecule has 1 fully saturated rings. The Hall–Kier alpha value is -1.97. The van der Waals surface area contributed by atoms with E-state index >= 15 is 0 Å². The number of Topliss-reactive ketones (excluding diaryl/α,β-unsaturated/α-hetero) is 1. The van der Waals surface area contributed by atoms with Gasteiger partial charge in [0.2, 0.25) is 0 Å². The van der Waals surface area contributed by atoms with Crippen LogP contribution in [0.25, 0.3) is 0 Å². The van der Waals surface area contributed by atoms with Gasteiger partial charge in [0.25, 0.3) is 0 Å². The van der Waals surface area contributed by atoms with Crippen LogP contribution in [0.1, 0.15) is 70.1 Å². The SMILES string of the molecule is CC(=O)C[C@](C)(N=C(C)N)c1ccc(C)c(C=NC(C)CC2CC2)c1. The topological polar surface area (TPSA) is 67.8 Å². The fourth-order valence-electron chi connectivity index (χ4n) is 3.30. The second-order valence-electron chi connectivity index (χ2n) is 7.78. The van der Waals surface area contributed by atoms with Gasteiger partial charge in [-0.1, -0.05) is 25.0 Å². The van der Waals surface area contributed by atoms with Crippen molar-refractivity contribution in [2.75, 3.05) is 0 Å². The maximum absolute atomic E-state index is 11.8. The van der Waals surface area contributed by atoms with Gasteiger partial charge in [0, 0.05) is 18.7 Å². The Morgan fingerprint density at radius 1 is 1.40 bits per heavy atom. The molecule has 0 aromatic heterocycles. The summed E-state index contributed by atoms with van der Waals surface area (Å²) in [6, 6.07) is 6.55. The number of nitrogens with two attached hydrogens (primary N) is 1. The molecule has 1 saturated carbocycles. The van der Waals surface area contributed by atoms with Gasteiger partial charge in [0.05, 0.1) is 11.4 Å². The molecule has 4 nitrogen and oxygen atoms in total. The number of carbonyl (C=O) groups excluding carboxylic acids is 1. The van der Waals surface area contributed by atoms with Gasteiger partial charge in [0.1, 0.15) is 5.78 Å². The highest BCUT2D eigenvalue weighted by Gasteiger charge is 2.28. The molecule has 2 N–H and O–H groups in total. The van der Waals surface area contributed by atoms with Gasteiger partial charge in [-0.2, -0.15) is 0 Å². The number of ketones is 1. The smallest absolute Gasteiger partial charge is 0.132 e. The average molecular weight is 341 g/mol. The van der Waals surface area contributed by atoms with E-state index in [9.17, 15) is 4.79 Å². The molecule has 0 amide bonds. The molecule has 1 unspecified atom stereocenters. The molecule has 0 bridgehead atoms. The van der Waals surface area contributed by atoms with Crippen LogP contribution < -0.4 is 5.73 Å². The highest BCUT2D eigenvalue weighted by molar-refractivity contribution is 5.83. The summed E-state index contributed by atoms with van der Waals surface area (Å²) in [7, 11) is 0. The van der Waals surface area contributed by atoms with E-state index in [0.29, 0.717) is 18.3 Å². The minimum absolute atomic E-state index is 0.0985. The van der Waals surface area contributed by atoms with Crippen molar-refractivity contribution in [2.45, 2.75) is 71.9 Å². The fraction of sp³-hybridized carbons (Fsp3) is 0.571. The lowest BCUT2D eigenvalue weighted by Crippen LogP contribution is -2.26. The highest BCUT2D eigenvalue weighted by Crippen LogP contribution is 2.34. The number of benzene rings is 1. The summed E-state index contributed by atoms with van der Waals surface area (Å²) in [5, 5.41) is 0. The lowest BCUT2D eigenvalue weighted by atomic mass is 9.86. The maximum atomic E-state index is 11.8. The van der Waals surface area contributed by atoms with E-state index in [0.717, 1.165) is 17.0 Å². The number of hydrogen-bond donors (Lipinski definition) is 1. The van der Waals surface area contributed by atoms with Crippen molar-refractivity contribution in [3.8, 4) is 0 Å². The molecule has 1 aliphatic carbocycles. The van der Waals surface area contributed by atoms with Gasteiger partial charge in [-0.15, -0.1) is 0 Å². The molecule has 0 saturated heterocycles. The molecular weight excluding hydrogens is 310 g/mol. The molecule has 25 heavy (non-hydrogen) atoms. The summed E-state index contributed by atoms with van der Waals surface area (Å²) in [5.41, 5.74) is 8.43. The normalized spacial score (nSPS) is 19.0. The zero-order valence-corrected chi connectivity index (χ0v) is 16.2. The highest BCUT2D eigenvalue weighted by atomic mass is 16.1. The van der Waals surface area contributed by atoms with Crippen LogP contribution in [0.15, 0.2) is 28.2 Å². The Morgan fingerprint density at radius 3 is 2.64 bits per heavy atom. The van der Waals surface area contributed by atoms with Crippen LogP contribution in [0.5, 0.6) is 0 Å². The Kier molecular flexibility index (Phi) is 6.15. The molecule has 2 rings (SSSR count). The monoisotopic (exact) mass is 341 g/mol. The summed E-state index contributed by atoms with van der Waals surface area (Å²) in [4.78, 5) is 21.0. The van der Waals surface area contributed by atoms with E-state index in [1.807, 2.05) is 19.2 Å². The first-order valence-electron chi connectivity index (χ1n) is 9.15. The third-order valence-corrected chi connectivity index (χ3v) is 4.76. The predicted octanol–water partition coefficient (Wildman–Crippen LogP) is 4.17. The van der Waals surface area contributed by atoms with Crippen molar-refractivity contribution in [1.82, 2.24) is 0 Å². The number of carbonyl (C=O) groups is 1. The van der Waals surface area contributed by atoms with Gasteiger partial charge < -0.3 is 5.73 Å². The van der Waals surface area contributed by atoms with E-state index in [2.05, 4.69) is 31.0 Å². The molecule has 0 aliphatic heterocycles. The first-order valence-corrected chi connectivity index (χ1v) is 9.15. The fourth-order valence-corrected chi connectivity index (χ4v) is 3.30. The summed E-state index contributed by atoms with van der Waals surface area (Å²) < 4.78 is 0. The zero-order chi connectivity index (χ0) is 18.6. The van der Waals surface area contributed by atoms with Crippen molar-refractivity contribution in [1.29, 1.82) is 0 Å². The largest absolute Gasteiger partial charge is 0.388 e. The van der Waals surface area contributed by atoms with Crippen molar-refractivity contribution in [2.24, 2.45) is 21.6 Å². The maximum Gasteiger partial charge on any atom is 0.132 e. The van der Waals surface area contributed by atoms with Crippen LogP contribution >= 0.6 is 0 Å². The third-order valence-electron chi connectivity index (χ3n) is 4.76. The Labute approximate surface area is 151 Å². The van der Waals surface area contributed by atoms with Crippen molar-refractivity contribution < 1.29 is 4.79 Å². The van der Waals surface area contributed by atoms with Crippen molar-refractivity contribution in [3.05, 3.63) is 34.9 Å². The summed E-state index contributed by atoms with van der Waals surface area (Å²) in [6.45, 7) is 9.57. The second kappa shape index (κ2) is 7.94. The van der Waals surface area contributed by atoms with Gasteiger partial charge >= 0.3 is 0 Å². The van der Waals surface area contributed by atoms with E-state index in [4.69, 9.17) is 10.7 Å². The van der Waals surface area contributed by atoms with Crippen LogP contribution in [-0.4, -0.2) is 23.9 Å². The van der Waals surface area contributed by atoms with Crippen molar-refractivity contribution >= 4 is 17.8 Å². The molecule has 136 valence electrons. The first-order chi connectivity index (χ1) is 11.7. The quantitative estimate of drug-likeness (QED) is 0.569. The Balaban J connectivity index is 2.29. The minimum atomic E-state index is -0.638. The molecule has 0 spiro atoms. The zero-order valence-electron chi connectivity index (χ0n) is 16.2. The molecule has 0 radical (unpaired) electrons. The Morgan fingerprint density at radius 2 is 2.08 bits per heavy atom. The number of aliphatic imine (C=N–C) groups is 2. The van der Waals surface area contributed by atoms with Crippen LogP contribution in [0.4, 0.5) is 0 Å². The molecule has 1 aromatic rings. The number of rotatable bonds is 8. The summed E-state index contributed by atoms with van der Waals surface area (Å²) in [5.74, 6) is 1.46. The number of aryl methyl sites for hydroxylation is 1. The van der Waals surface area contributed by atoms with Gasteiger partial charge in [-0.25, -0.2) is 0 Å². The van der Waals surface area contributed by atoms with E-state index in [-0.39, 0.29) is 5.78 Å². The molecule has 1 aliphatic rings. The molecule has 0 heterocycles. The first kappa shape index (κ1) is 19.4. The van der Waals surface area contributed by atoms with Crippen molar-refractivity contribution in [3.63, 3.8) is 0 Å². The molecular formula is C21H31N3O. The molecule has 2 atom stereocenters. The summed E-state index contributed by atoms with van der Waals surface area (Å²) >= 11 is 0. The lowest BCUT2D eigenvalue weighted by Gasteiger charge is -2.26. The van der Waals surface area contributed by atoms with Gasteiger partial charge in [-0.05, 0) is 69.7 Å². The lowest BCUT2D eigenvalue weighted by molar-refractivity contribution is -0.118. The van der Waals surface area contributed by atoms with Gasteiger partial charge in [-0.3, -0.25) is 14.8 Å².